The van der Waals surface area contributed by atoms with Crippen LogP contribution in [-0.2, 0) is 4.74 Å². The van der Waals surface area contributed by atoms with Crippen molar-refractivity contribution in [2.24, 2.45) is 0 Å². The lowest BCUT2D eigenvalue weighted by Gasteiger charge is -2.30. The second-order valence-electron chi connectivity index (χ2n) is 4.64. The van der Waals surface area contributed by atoms with Crippen LogP contribution in [0.5, 0.6) is 0 Å². The molecule has 0 aliphatic carbocycles. The fourth-order valence-corrected chi connectivity index (χ4v) is 3.58. The zero-order valence-electron chi connectivity index (χ0n) is 12.2. The third-order valence-corrected chi connectivity index (χ3v) is 5.43. The van der Waals surface area contributed by atoms with Crippen molar-refractivity contribution in [3.63, 3.8) is 0 Å². The van der Waals surface area contributed by atoms with E-state index in [2.05, 4.69) is 0 Å². The fraction of sp³-hybridized carbons (Fsp3) is 0.286. The van der Waals surface area contributed by atoms with E-state index in [0.29, 0.717) is 36.4 Å². The van der Waals surface area contributed by atoms with E-state index in [9.17, 15) is 10.1 Å². The molecule has 0 amide bonds. The van der Waals surface area contributed by atoms with Gasteiger partial charge in [0.15, 0.2) is 10.1 Å². The van der Waals surface area contributed by atoms with Crippen LogP contribution in [0.4, 0.5) is 0 Å². The molecular formula is C14H12Cl4N2O3S. The summed E-state index contributed by atoms with van der Waals surface area (Å²) in [6.07, 6.45) is 0. The Hall–Kier alpha value is -0.630. The average molecular weight is 430 g/mol. The molecule has 0 spiro atoms. The van der Waals surface area contributed by atoms with Crippen LogP contribution in [0, 0.1) is 10.1 Å². The summed E-state index contributed by atoms with van der Waals surface area (Å²) in [5.41, 5.74) is -0.335. The number of rotatable bonds is 5. The quantitative estimate of drug-likeness (QED) is 0.282. The Kier molecular flexibility index (Phi) is 7.53. The minimum atomic E-state index is -0.583. The van der Waals surface area contributed by atoms with Crippen LogP contribution in [-0.4, -0.2) is 36.1 Å². The summed E-state index contributed by atoms with van der Waals surface area (Å²) in [5, 5.41) is 12.2. The Bertz CT molecular complexity index is 669. The van der Waals surface area contributed by atoms with Gasteiger partial charge in [0.25, 0.3) is 0 Å². The Morgan fingerprint density at radius 3 is 2.25 bits per heavy atom. The molecule has 24 heavy (non-hydrogen) atoms. The van der Waals surface area contributed by atoms with Gasteiger partial charge >= 0.3 is 5.70 Å². The van der Waals surface area contributed by atoms with Crippen molar-refractivity contribution in [2.75, 3.05) is 26.3 Å². The molecule has 0 unspecified atom stereocenters. The van der Waals surface area contributed by atoms with E-state index in [1.807, 2.05) is 4.90 Å². The maximum Gasteiger partial charge on any atom is 0.320 e. The highest BCUT2D eigenvalue weighted by atomic mass is 35.5. The highest BCUT2D eigenvalue weighted by Crippen LogP contribution is 2.38. The summed E-state index contributed by atoms with van der Waals surface area (Å²) < 4.78 is 4.95. The Morgan fingerprint density at radius 1 is 1.17 bits per heavy atom. The topological polar surface area (TPSA) is 55.6 Å². The number of nitrogens with zero attached hydrogens (tertiary/aromatic N) is 2. The van der Waals surface area contributed by atoms with Crippen LogP contribution in [0.2, 0.25) is 5.02 Å². The van der Waals surface area contributed by atoms with Crippen molar-refractivity contribution in [1.82, 2.24) is 4.90 Å². The summed E-state index contributed by atoms with van der Waals surface area (Å²) in [6, 6.07) is 6.95. The minimum absolute atomic E-state index is 0.300. The third kappa shape index (κ3) is 5.18. The Labute approximate surface area is 163 Å². The number of morpholine rings is 1. The van der Waals surface area contributed by atoms with Crippen molar-refractivity contribution in [1.29, 1.82) is 0 Å². The average Bonchev–Trinajstić information content (AvgIpc) is 2.56. The first-order valence-electron chi connectivity index (χ1n) is 6.76. The molecule has 0 aromatic heterocycles. The van der Waals surface area contributed by atoms with Gasteiger partial charge in [-0.1, -0.05) is 58.2 Å². The first-order valence-corrected chi connectivity index (χ1v) is 9.09. The molecule has 1 aliphatic heterocycles. The van der Waals surface area contributed by atoms with Gasteiger partial charge in [-0.25, -0.2) is 0 Å². The van der Waals surface area contributed by atoms with E-state index in [1.54, 1.807) is 24.3 Å². The highest BCUT2D eigenvalue weighted by Gasteiger charge is 2.30. The predicted octanol–water partition coefficient (Wildman–Crippen LogP) is 5.10. The van der Waals surface area contributed by atoms with Crippen LogP contribution < -0.4 is 0 Å². The second kappa shape index (κ2) is 9.17. The zero-order chi connectivity index (χ0) is 17.7. The number of nitro groups is 1. The number of hydrogen-bond donors (Lipinski definition) is 0. The van der Waals surface area contributed by atoms with Crippen LogP contribution in [0.25, 0.3) is 0 Å². The summed E-state index contributed by atoms with van der Waals surface area (Å²) in [4.78, 5) is 13.6. The number of benzene rings is 1. The summed E-state index contributed by atoms with van der Waals surface area (Å²) in [5.74, 6) is 0. The van der Waals surface area contributed by atoms with Crippen molar-refractivity contribution >= 4 is 58.2 Å². The van der Waals surface area contributed by atoms with Gasteiger partial charge in [0.2, 0.25) is 0 Å². The molecule has 10 heteroatoms. The lowest BCUT2D eigenvalue weighted by atomic mass is 10.4. The van der Waals surface area contributed by atoms with Gasteiger partial charge in [0.05, 0.1) is 18.1 Å². The Morgan fingerprint density at radius 2 is 1.75 bits per heavy atom. The lowest BCUT2D eigenvalue weighted by molar-refractivity contribution is -0.421. The molecule has 0 saturated carbocycles. The molecule has 1 fully saturated rings. The fourth-order valence-electron chi connectivity index (χ4n) is 1.98. The lowest BCUT2D eigenvalue weighted by Crippen LogP contribution is -2.36. The molecular weight excluding hydrogens is 418 g/mol. The second-order valence-corrected chi connectivity index (χ2v) is 7.47. The van der Waals surface area contributed by atoms with E-state index in [0.717, 1.165) is 4.90 Å². The van der Waals surface area contributed by atoms with E-state index in [-0.39, 0.29) is 15.2 Å². The molecule has 1 aromatic rings. The number of ether oxygens (including phenoxy) is 1. The van der Waals surface area contributed by atoms with Crippen molar-refractivity contribution < 1.29 is 9.66 Å². The van der Waals surface area contributed by atoms with E-state index in [4.69, 9.17) is 51.1 Å². The monoisotopic (exact) mass is 428 g/mol. The zero-order valence-corrected chi connectivity index (χ0v) is 16.0. The SMILES string of the molecule is O=[N+]([O-])/C(C(Cl)=C(Cl)Cl)=C(/Sc1ccc(Cl)cc1)N1CCOCC1. The van der Waals surface area contributed by atoms with Gasteiger partial charge in [-0.3, -0.25) is 10.1 Å². The van der Waals surface area contributed by atoms with Crippen molar-refractivity contribution in [3.8, 4) is 0 Å². The van der Waals surface area contributed by atoms with Gasteiger partial charge in [-0.2, -0.15) is 0 Å². The summed E-state index contributed by atoms with van der Waals surface area (Å²) in [6.45, 7) is 1.92. The smallest absolute Gasteiger partial charge is 0.320 e. The maximum atomic E-state index is 11.6. The summed E-state index contributed by atoms with van der Waals surface area (Å²) >= 11 is 24.4. The molecule has 0 N–H and O–H groups in total. The standard InChI is InChI=1S/C14H12Cl4N2O3S/c15-9-1-3-10(4-2-9)24-14(19-5-7-23-8-6-19)12(20(21)22)11(16)13(17)18/h1-4H,5-8H2/b14-12+. The molecule has 1 heterocycles. The number of halogens is 4. The van der Waals surface area contributed by atoms with E-state index in [1.165, 1.54) is 11.8 Å². The molecule has 1 aliphatic rings. The van der Waals surface area contributed by atoms with Gasteiger partial charge < -0.3 is 9.64 Å². The molecule has 1 saturated heterocycles. The molecule has 0 bridgehead atoms. The van der Waals surface area contributed by atoms with Crippen molar-refractivity contribution in [2.45, 2.75) is 4.90 Å². The van der Waals surface area contributed by atoms with Gasteiger partial charge in [-0.15, -0.1) is 0 Å². The first-order chi connectivity index (χ1) is 11.4. The minimum Gasteiger partial charge on any atom is -0.378 e. The summed E-state index contributed by atoms with van der Waals surface area (Å²) in [7, 11) is 0. The molecule has 130 valence electrons. The molecule has 1 aromatic carbocycles. The van der Waals surface area contributed by atoms with Crippen molar-refractivity contribution in [3.05, 3.63) is 59.7 Å². The molecule has 5 nitrogen and oxygen atoms in total. The van der Waals surface area contributed by atoms with Crippen LogP contribution in [0.15, 0.2) is 49.4 Å². The van der Waals surface area contributed by atoms with E-state index < -0.39 is 4.92 Å². The number of hydrogen-bond acceptors (Lipinski definition) is 5. The number of allylic oxidation sites excluding steroid dienone is 1. The predicted molar refractivity (Wildman–Crippen MR) is 98.3 cm³/mol. The van der Waals surface area contributed by atoms with Crippen LogP contribution in [0.3, 0.4) is 0 Å². The van der Waals surface area contributed by atoms with E-state index >= 15 is 0 Å². The van der Waals surface area contributed by atoms with Crippen LogP contribution >= 0.6 is 58.2 Å². The normalized spacial score (nSPS) is 15.8. The third-order valence-electron chi connectivity index (χ3n) is 3.09. The number of thioether (sulfide) groups is 1. The van der Waals surface area contributed by atoms with Gasteiger partial charge in [0.1, 0.15) is 4.49 Å². The highest BCUT2D eigenvalue weighted by molar-refractivity contribution is 8.03. The molecule has 0 atom stereocenters. The maximum absolute atomic E-state index is 11.6. The Balaban J connectivity index is 2.50. The molecule has 2 rings (SSSR count). The molecule has 0 radical (unpaired) electrons. The van der Waals surface area contributed by atoms with Crippen LogP contribution in [0.1, 0.15) is 0 Å². The van der Waals surface area contributed by atoms with Gasteiger partial charge in [0, 0.05) is 23.0 Å². The largest absolute Gasteiger partial charge is 0.378 e. The van der Waals surface area contributed by atoms with Gasteiger partial charge in [-0.05, 0) is 24.3 Å². The first kappa shape index (κ1) is 19.7.